The zero-order chi connectivity index (χ0) is 40.3. The molecule has 0 unspecified atom stereocenters. The number of anilines is 1. The third kappa shape index (κ3) is 4.39. The van der Waals surface area contributed by atoms with Crippen LogP contribution in [-0.4, -0.2) is 18.3 Å². The van der Waals surface area contributed by atoms with Gasteiger partial charge in [-0.2, -0.15) is 5.26 Å². The summed E-state index contributed by atoms with van der Waals surface area (Å²) in [6.45, 7) is 0. The number of rotatable bonds is 4. The van der Waals surface area contributed by atoms with Crippen molar-refractivity contribution in [2.45, 2.75) is 0 Å². The first-order valence-electron chi connectivity index (χ1n) is 20.6. The Labute approximate surface area is 349 Å². The number of fused-ring (bicyclic) bond motifs is 12. The predicted molar refractivity (Wildman–Crippen MR) is 253 cm³/mol. The summed E-state index contributed by atoms with van der Waals surface area (Å²) in [6.07, 6.45) is 0. The first-order valence-corrected chi connectivity index (χ1v) is 20.6. The van der Waals surface area contributed by atoms with Gasteiger partial charge >= 0.3 is 0 Å². The van der Waals surface area contributed by atoms with E-state index < -0.39 is 0 Å². The van der Waals surface area contributed by atoms with Crippen molar-refractivity contribution < 1.29 is 0 Å². The van der Waals surface area contributed by atoms with Gasteiger partial charge in [-0.3, -0.25) is 0 Å². The Morgan fingerprint density at radius 3 is 0.656 bits per heavy atom. The molecule has 0 amide bonds. The maximum absolute atomic E-state index is 12.2. The van der Waals surface area contributed by atoms with E-state index in [0.717, 1.165) is 98.6 Å². The van der Waals surface area contributed by atoms with E-state index in [1.165, 1.54) is 0 Å². The van der Waals surface area contributed by atoms with Gasteiger partial charge in [0.1, 0.15) is 11.6 Å². The molecule has 0 bridgehead atoms. The molecule has 13 rings (SSSR count). The molecule has 4 heterocycles. The van der Waals surface area contributed by atoms with Crippen LogP contribution in [0.1, 0.15) is 5.56 Å². The van der Waals surface area contributed by atoms with Gasteiger partial charge in [-0.25, -0.2) is 0 Å². The van der Waals surface area contributed by atoms with Crippen molar-refractivity contribution >= 4 is 92.9 Å². The maximum atomic E-state index is 12.2. The minimum atomic E-state index is 0.501. The third-order valence-corrected chi connectivity index (χ3v) is 12.8. The largest absolute Gasteiger partial charge is 0.395 e. The monoisotopic (exact) mass is 778 g/mol. The van der Waals surface area contributed by atoms with E-state index in [1.54, 1.807) is 0 Å². The molecule has 2 N–H and O–H groups in total. The van der Waals surface area contributed by atoms with Crippen LogP contribution in [0.3, 0.4) is 0 Å². The number of hydrogen-bond acceptors (Lipinski definition) is 2. The molecule has 6 heteroatoms. The van der Waals surface area contributed by atoms with Gasteiger partial charge in [0.2, 0.25) is 0 Å². The number of nitriles is 1. The summed E-state index contributed by atoms with van der Waals surface area (Å²) in [4.78, 5) is 0. The minimum absolute atomic E-state index is 0.501. The van der Waals surface area contributed by atoms with Gasteiger partial charge in [0.25, 0.3) is 0 Å². The Balaban J connectivity index is 1.37. The summed E-state index contributed by atoms with van der Waals surface area (Å²) in [6, 6.07) is 70.9. The molecule has 0 aliphatic carbocycles. The van der Waals surface area contributed by atoms with E-state index in [2.05, 4.69) is 218 Å². The van der Waals surface area contributed by atoms with E-state index >= 15 is 0 Å². The molecular formula is C55H34N6. The van der Waals surface area contributed by atoms with Crippen molar-refractivity contribution in [3.8, 4) is 28.8 Å². The molecule has 9 aromatic carbocycles. The Kier molecular flexibility index (Phi) is 6.85. The Bertz CT molecular complexity index is 3570. The minimum Gasteiger partial charge on any atom is -0.395 e. The zero-order valence-electron chi connectivity index (χ0n) is 32.8. The van der Waals surface area contributed by atoms with Gasteiger partial charge in [-0.1, -0.05) is 146 Å². The molecule has 0 atom stereocenters. The summed E-state index contributed by atoms with van der Waals surface area (Å²) in [5.74, 6) is 0. The molecule has 4 aromatic heterocycles. The highest BCUT2D eigenvalue weighted by atomic mass is 15.1. The number of nitrogens with two attached hydrogens (primary N) is 1. The van der Waals surface area contributed by atoms with E-state index in [9.17, 15) is 5.26 Å². The van der Waals surface area contributed by atoms with E-state index in [1.807, 2.05) is 0 Å². The fourth-order valence-corrected chi connectivity index (χ4v) is 10.4. The molecule has 0 fully saturated rings. The maximum Gasteiger partial charge on any atom is 0.105 e. The summed E-state index contributed by atoms with van der Waals surface area (Å²) in [5, 5.41) is 21.0. The van der Waals surface area contributed by atoms with Crippen LogP contribution in [0.5, 0.6) is 0 Å². The molecule has 284 valence electrons. The molecule has 6 nitrogen and oxygen atoms in total. The van der Waals surface area contributed by atoms with E-state index in [0.29, 0.717) is 22.6 Å². The van der Waals surface area contributed by atoms with Crippen molar-refractivity contribution in [1.29, 1.82) is 5.26 Å². The van der Waals surface area contributed by atoms with Crippen LogP contribution in [0, 0.1) is 11.3 Å². The van der Waals surface area contributed by atoms with Crippen LogP contribution in [0.25, 0.3) is 110 Å². The van der Waals surface area contributed by atoms with Crippen molar-refractivity contribution in [1.82, 2.24) is 18.3 Å². The lowest BCUT2D eigenvalue weighted by Gasteiger charge is -2.27. The van der Waals surface area contributed by atoms with Crippen LogP contribution in [0.4, 0.5) is 5.69 Å². The highest BCUT2D eigenvalue weighted by Crippen LogP contribution is 2.49. The normalized spacial score (nSPS) is 12.0. The second kappa shape index (κ2) is 12.5. The molecule has 0 aliphatic rings. The van der Waals surface area contributed by atoms with Gasteiger partial charge in [0.15, 0.2) is 0 Å². The average Bonchev–Trinajstić information content (AvgIpc) is 4.04. The van der Waals surface area contributed by atoms with Crippen molar-refractivity contribution in [3.63, 3.8) is 0 Å². The molecule has 0 spiro atoms. The van der Waals surface area contributed by atoms with Crippen LogP contribution < -0.4 is 5.73 Å². The predicted octanol–water partition coefficient (Wildman–Crippen LogP) is 13.5. The van der Waals surface area contributed by atoms with Gasteiger partial charge < -0.3 is 24.0 Å². The molecule has 0 aliphatic heterocycles. The van der Waals surface area contributed by atoms with Gasteiger partial charge in [0.05, 0.1) is 72.6 Å². The highest BCUT2D eigenvalue weighted by Gasteiger charge is 2.33. The number of benzene rings is 9. The Morgan fingerprint density at radius 1 is 0.279 bits per heavy atom. The smallest absolute Gasteiger partial charge is 0.105 e. The lowest BCUT2D eigenvalue weighted by Crippen LogP contribution is -2.17. The van der Waals surface area contributed by atoms with Gasteiger partial charge in [0, 0.05) is 43.1 Å². The van der Waals surface area contributed by atoms with Crippen molar-refractivity contribution in [3.05, 3.63) is 200 Å². The molecule has 0 saturated carbocycles. The number of nitrogen functional groups attached to an aromatic ring is 1. The lowest BCUT2D eigenvalue weighted by atomic mass is 10.0. The number of hydrogen-bond donors (Lipinski definition) is 1. The van der Waals surface area contributed by atoms with Crippen molar-refractivity contribution in [2.75, 3.05) is 5.73 Å². The fourth-order valence-electron chi connectivity index (χ4n) is 10.4. The second-order valence-electron chi connectivity index (χ2n) is 15.8. The Morgan fingerprint density at radius 2 is 0.459 bits per heavy atom. The molecule has 0 radical (unpaired) electrons. The summed E-state index contributed by atoms with van der Waals surface area (Å²) in [5.41, 5.74) is 20.1. The molecule has 0 saturated heterocycles. The lowest BCUT2D eigenvalue weighted by molar-refractivity contribution is 1.04. The highest BCUT2D eigenvalue weighted by molar-refractivity contribution is 6.16. The zero-order valence-corrected chi connectivity index (χ0v) is 32.8. The fraction of sp³-hybridized carbons (Fsp3) is 0. The standard InChI is InChI=1S/C55H34N6/c56-33-42-52(58-43-25-9-1-17-34(43)35-18-2-10-26-44(35)58)54(60-47-29-13-5-21-38(47)39-22-6-14-30-48(39)60)51(57)55(61-49-31-15-7-23-40(49)41-24-8-16-32-50(41)61)53(42)59-45-27-11-3-19-36(45)37-20-4-12-28-46(37)59/h1-32H,57H2. The summed E-state index contributed by atoms with van der Waals surface area (Å²) >= 11 is 0. The van der Waals surface area contributed by atoms with E-state index in [-0.39, 0.29) is 0 Å². The Hall–Kier alpha value is -8.53. The number of para-hydroxylation sites is 8. The van der Waals surface area contributed by atoms with E-state index in [4.69, 9.17) is 5.73 Å². The number of aromatic nitrogens is 4. The molecular weight excluding hydrogens is 745 g/mol. The first-order chi connectivity index (χ1) is 30.2. The second-order valence-corrected chi connectivity index (χ2v) is 15.8. The summed E-state index contributed by atoms with van der Waals surface area (Å²) in [7, 11) is 0. The average molecular weight is 779 g/mol. The quantitative estimate of drug-likeness (QED) is 0.181. The molecule has 61 heavy (non-hydrogen) atoms. The van der Waals surface area contributed by atoms with Gasteiger partial charge in [-0.05, 0) is 48.5 Å². The first kappa shape index (κ1) is 33.4. The van der Waals surface area contributed by atoms with Crippen LogP contribution in [-0.2, 0) is 0 Å². The summed E-state index contributed by atoms with van der Waals surface area (Å²) < 4.78 is 9.16. The number of nitrogens with zero attached hydrogens (tertiary/aromatic N) is 5. The topological polar surface area (TPSA) is 69.5 Å². The molecule has 13 aromatic rings. The third-order valence-electron chi connectivity index (χ3n) is 12.8. The van der Waals surface area contributed by atoms with Crippen LogP contribution >= 0.6 is 0 Å². The SMILES string of the molecule is N#Cc1c(-n2c3ccccc3c3ccccc32)c(-n2c3ccccc3c3ccccc32)c(N)c(-n2c3ccccc3c3ccccc32)c1-n1c2ccccc2c2ccccc21. The van der Waals surface area contributed by atoms with Crippen LogP contribution in [0.15, 0.2) is 194 Å². The van der Waals surface area contributed by atoms with Gasteiger partial charge in [-0.15, -0.1) is 0 Å². The van der Waals surface area contributed by atoms with Crippen LogP contribution in [0.2, 0.25) is 0 Å². The van der Waals surface area contributed by atoms with Crippen molar-refractivity contribution in [2.24, 2.45) is 0 Å².